The summed E-state index contributed by atoms with van der Waals surface area (Å²) < 4.78 is 7.81. The topological polar surface area (TPSA) is 356 Å². The van der Waals surface area contributed by atoms with Crippen LogP contribution in [0.4, 0.5) is 4.79 Å². The minimum Gasteiger partial charge on any atom is -0.481 e. The molecule has 13 N–H and O–H groups in total. The number of unbranched alkanes of at least 4 members (excludes halogenated alkanes) is 2. The minimum absolute atomic E-state index is 0.00676. The molecule has 1 aliphatic carbocycles. The van der Waals surface area contributed by atoms with Gasteiger partial charge in [-0.05, 0) is 130 Å². The number of fused-ring (bicyclic) bond motifs is 1. The molecule has 1 saturated carbocycles. The molecule has 7 amide bonds. The van der Waals surface area contributed by atoms with Gasteiger partial charge >= 0.3 is 23.9 Å². The number of nitrogens with one attached hydrogen (secondary N) is 6. The van der Waals surface area contributed by atoms with Crippen LogP contribution in [0, 0.1) is 23.7 Å². The molecular formula is C57H80N8O13. The Morgan fingerprint density at radius 1 is 0.615 bits per heavy atom. The molecule has 21 heteroatoms. The lowest BCUT2D eigenvalue weighted by atomic mass is 9.77. The van der Waals surface area contributed by atoms with Gasteiger partial charge in [-0.1, -0.05) is 80.6 Å². The van der Waals surface area contributed by atoms with E-state index in [9.17, 15) is 58.2 Å². The molecule has 0 spiro atoms. The predicted molar refractivity (Wildman–Crippen MR) is 291 cm³/mol. The Hall–Kier alpha value is -7.42. The second-order valence-corrected chi connectivity index (χ2v) is 21.0. The van der Waals surface area contributed by atoms with Crippen molar-refractivity contribution in [2.75, 3.05) is 19.6 Å². The predicted octanol–water partition coefficient (Wildman–Crippen LogP) is 4.21. The molecule has 1 aliphatic rings. The maximum atomic E-state index is 13.9. The Morgan fingerprint density at radius 2 is 1.22 bits per heavy atom. The number of hydrogen-bond donors (Lipinski definition) is 11. The van der Waals surface area contributed by atoms with Crippen molar-refractivity contribution in [3.63, 3.8) is 0 Å². The van der Waals surface area contributed by atoms with Gasteiger partial charge in [0.25, 0.3) is 0 Å². The van der Waals surface area contributed by atoms with Crippen molar-refractivity contribution < 1.29 is 64.7 Å². The van der Waals surface area contributed by atoms with E-state index in [1.165, 1.54) is 0 Å². The fourth-order valence-electron chi connectivity index (χ4n) is 9.56. The number of aliphatic carboxylic acids is 3. The van der Waals surface area contributed by atoms with Crippen LogP contribution < -0.4 is 43.4 Å². The first kappa shape index (κ1) is 61.4. The zero-order valence-electron chi connectivity index (χ0n) is 46.0. The summed E-state index contributed by atoms with van der Waals surface area (Å²) in [4.78, 5) is 126. The van der Waals surface area contributed by atoms with E-state index >= 15 is 0 Å². The summed E-state index contributed by atoms with van der Waals surface area (Å²) in [6, 6.07) is 15.4. The molecule has 1 fully saturated rings. The van der Waals surface area contributed by atoms with Crippen LogP contribution in [-0.2, 0) is 56.0 Å². The fraction of sp³-hybridized carbons (Fsp3) is 0.544. The molecule has 3 aromatic carbocycles. The van der Waals surface area contributed by atoms with Crippen molar-refractivity contribution in [1.82, 2.24) is 31.9 Å². The smallest absolute Gasteiger partial charge is 0.326 e. The van der Waals surface area contributed by atoms with E-state index in [2.05, 4.69) is 51.5 Å². The van der Waals surface area contributed by atoms with Crippen LogP contribution in [0.25, 0.3) is 10.8 Å². The largest absolute Gasteiger partial charge is 0.481 e. The molecule has 0 radical (unpaired) electrons. The van der Waals surface area contributed by atoms with Crippen LogP contribution in [-0.4, -0.2) is 118 Å². The molecule has 6 atom stereocenters. The van der Waals surface area contributed by atoms with Gasteiger partial charge in [-0.15, -0.1) is 0 Å². The molecule has 0 saturated heterocycles. The fourth-order valence-corrected chi connectivity index (χ4v) is 9.56. The number of urea groups is 1. The molecular weight excluding hydrogens is 1000 g/mol. The number of benzene rings is 3. The number of amides is 7. The summed E-state index contributed by atoms with van der Waals surface area (Å²) in [5.74, 6) is -7.56. The summed E-state index contributed by atoms with van der Waals surface area (Å²) in [6.07, 6.45) is 4.10. The lowest BCUT2D eigenvalue weighted by Gasteiger charge is -2.29. The Kier molecular flexibility index (Phi) is 25.5. The third kappa shape index (κ3) is 22.3. The first-order valence-electron chi connectivity index (χ1n) is 27.6. The third-order valence-electron chi connectivity index (χ3n) is 14.1. The van der Waals surface area contributed by atoms with E-state index in [4.69, 9.17) is 12.3 Å². The second kappa shape index (κ2) is 32.3. The lowest BCUT2D eigenvalue weighted by Crippen LogP contribution is -2.51. The maximum Gasteiger partial charge on any atom is 0.326 e. The van der Waals surface area contributed by atoms with E-state index in [0.717, 1.165) is 33.9 Å². The van der Waals surface area contributed by atoms with Gasteiger partial charge in [-0.25, -0.2) is 14.4 Å². The number of carboxylic acid groups (broad SMARTS) is 3. The number of carboxylic acids is 3. The molecule has 0 heterocycles. The van der Waals surface area contributed by atoms with Gasteiger partial charge in [-0.3, -0.25) is 33.6 Å². The summed E-state index contributed by atoms with van der Waals surface area (Å²) >= 11 is 0. The van der Waals surface area contributed by atoms with Crippen LogP contribution in [0.2, 0.25) is 1.41 Å². The number of hydrogen-bond acceptors (Lipinski definition) is 11. The van der Waals surface area contributed by atoms with Crippen LogP contribution >= 0.6 is 0 Å². The molecule has 0 bridgehead atoms. The Bertz CT molecular complexity index is 2560. The van der Waals surface area contributed by atoms with Gasteiger partial charge in [0.2, 0.25) is 29.5 Å². The highest BCUT2D eigenvalue weighted by Crippen LogP contribution is 2.31. The Balaban J connectivity index is 1.21. The van der Waals surface area contributed by atoms with Crippen LogP contribution in [0.1, 0.15) is 133 Å². The molecule has 426 valence electrons. The van der Waals surface area contributed by atoms with Crippen molar-refractivity contribution in [3.05, 3.63) is 83.4 Å². The van der Waals surface area contributed by atoms with E-state index in [0.29, 0.717) is 70.3 Å². The zero-order chi connectivity index (χ0) is 58.0. The molecule has 0 aliphatic heterocycles. The van der Waals surface area contributed by atoms with Crippen LogP contribution in [0.5, 0.6) is 0 Å². The third-order valence-corrected chi connectivity index (χ3v) is 14.1. The maximum absolute atomic E-state index is 13.9. The van der Waals surface area contributed by atoms with E-state index in [1.807, 2.05) is 66.7 Å². The van der Waals surface area contributed by atoms with E-state index in [1.54, 1.807) is 6.92 Å². The monoisotopic (exact) mass is 1090 g/mol. The summed E-state index contributed by atoms with van der Waals surface area (Å²) in [5.41, 5.74) is 10.5. The highest BCUT2D eigenvalue weighted by Gasteiger charge is 2.32. The number of primary amides is 1. The number of carbonyl (C=O) groups excluding carboxylic acids is 7. The number of ketones is 1. The normalized spacial score (nSPS) is 16.7. The van der Waals surface area contributed by atoms with Gasteiger partial charge in [0.05, 0.1) is 18.4 Å². The first-order chi connectivity index (χ1) is 37.6. The standard InChI is InChI=1S/C57H80N8O13/c1-34(2)28-36-14-19-39(20-15-36)35(3)51(70)63-47(32-49(59)67)54(73)61-27-8-6-12-44(58)53(72)62-33-37-16-22-41(23-17-37)48(66)31-43(30-38-18-21-40-10-4-5-11-42(40)29-38)52(71)60-26-9-7-13-45(55(74)75)64-57(78)65-46(56(76)77)24-25-50(68)69/h4-5,10-11,14-15,18-21,29,34-35,37,41,43-47H,6-9,12-13,16-17,22-28,30-33,58H2,1-3H3,(H2,59,67)(H,60,71)(H,61,73)(H,62,72)(H,63,70)(H,68,69)(H,74,75)(H,76,77)(H2,64,65,78)/i/hD. The first-order valence-corrected chi connectivity index (χ1v) is 27.1. The van der Waals surface area contributed by atoms with Crippen molar-refractivity contribution in [2.24, 2.45) is 35.1 Å². The minimum atomic E-state index is -1.54. The average Bonchev–Trinajstić information content (AvgIpc) is 3.41. The van der Waals surface area contributed by atoms with Crippen molar-refractivity contribution >= 4 is 70.0 Å². The second-order valence-electron chi connectivity index (χ2n) is 21.0. The summed E-state index contributed by atoms with van der Waals surface area (Å²) in [7, 11) is 0. The highest BCUT2D eigenvalue weighted by molar-refractivity contribution is 5.93. The number of rotatable bonds is 35. The SMILES string of the molecule is [2H]NC(CCCCNC(=O)C(CC(N)=O)NC(=O)C(C)c1ccc(CC(C)C)cc1)C(=O)NCC1CCC(C(=O)CC(Cc2ccc3ccccc3c2)C(=O)NCCCCC(NC(=O)NC(CCC(=O)O)C(=O)O)C(=O)O)CC1. The van der Waals surface area contributed by atoms with Crippen LogP contribution in [0.3, 0.4) is 0 Å². The van der Waals surface area contributed by atoms with Crippen molar-refractivity contribution in [2.45, 2.75) is 154 Å². The van der Waals surface area contributed by atoms with E-state index < -0.39 is 90.5 Å². The van der Waals surface area contributed by atoms with Crippen molar-refractivity contribution in [3.8, 4) is 0 Å². The van der Waals surface area contributed by atoms with Gasteiger partial charge in [0.15, 0.2) is 0 Å². The molecule has 6 unspecified atom stereocenters. The number of Topliss-reactive ketones (excluding diaryl/α,β-unsaturated/α-hetero) is 1. The van der Waals surface area contributed by atoms with Gasteiger partial charge in [0, 0.05) is 44.3 Å². The molecule has 4 rings (SSSR count). The number of nitrogens with two attached hydrogens (primary N) is 2. The van der Waals surface area contributed by atoms with Crippen molar-refractivity contribution in [1.29, 1.82) is 0 Å². The quantitative estimate of drug-likeness (QED) is 0.0368. The molecule has 21 nitrogen and oxygen atoms in total. The lowest BCUT2D eigenvalue weighted by molar-refractivity contribution is -0.141. The Labute approximate surface area is 457 Å². The highest BCUT2D eigenvalue weighted by atomic mass is 16.4. The zero-order valence-corrected chi connectivity index (χ0v) is 45.0. The van der Waals surface area contributed by atoms with E-state index in [-0.39, 0.29) is 68.2 Å². The summed E-state index contributed by atoms with van der Waals surface area (Å²) in [6.45, 7) is 6.67. The molecule has 3 aromatic rings. The average molecular weight is 1090 g/mol. The van der Waals surface area contributed by atoms with Crippen LogP contribution in [0.15, 0.2) is 66.7 Å². The van der Waals surface area contributed by atoms with Gasteiger partial charge in [0.1, 0.15) is 25.3 Å². The summed E-state index contributed by atoms with van der Waals surface area (Å²) in [5, 5.41) is 45.5. The Morgan fingerprint density at radius 3 is 1.82 bits per heavy atom. The van der Waals surface area contributed by atoms with Gasteiger partial charge < -0.3 is 58.7 Å². The molecule has 0 aromatic heterocycles. The molecule has 78 heavy (non-hydrogen) atoms. The van der Waals surface area contributed by atoms with Gasteiger partial charge in [-0.2, -0.15) is 0 Å². The number of carbonyl (C=O) groups is 10.